The Bertz CT molecular complexity index is 1220. The van der Waals surface area contributed by atoms with E-state index in [2.05, 4.69) is 15.0 Å². The number of hydrogen-bond acceptors (Lipinski definition) is 8. The molecular formula is C25H25F3N4O5. The predicted molar refractivity (Wildman–Crippen MR) is 122 cm³/mol. The highest BCUT2D eigenvalue weighted by molar-refractivity contribution is 5.87. The third-order valence-electron chi connectivity index (χ3n) is 6.92. The van der Waals surface area contributed by atoms with E-state index < -0.39 is 17.9 Å². The number of carbonyl (C=O) groups excluding carboxylic acids is 2. The molecule has 1 N–H and O–H groups in total. The molecule has 2 atom stereocenters. The number of hydrogen-bond donors (Lipinski definition) is 1. The summed E-state index contributed by atoms with van der Waals surface area (Å²) in [6, 6.07) is 8.07. The SMILES string of the molecule is CN1C(C(=O)NC2(c3ccc(OC(F)(F)F)cc3)CCOc3cccnc32)C2=C(CCCC2)N1OC=O. The summed E-state index contributed by atoms with van der Waals surface area (Å²) < 4.78 is 48.0. The molecule has 3 heterocycles. The first-order valence-electron chi connectivity index (χ1n) is 11.9. The average Bonchev–Trinajstić information content (AvgIpc) is 3.15. The number of carbonyl (C=O) groups is 2. The van der Waals surface area contributed by atoms with E-state index in [-0.39, 0.29) is 18.3 Å². The zero-order valence-corrected chi connectivity index (χ0v) is 20.0. The lowest BCUT2D eigenvalue weighted by Crippen LogP contribution is -2.56. The molecule has 1 aliphatic carbocycles. The molecule has 0 saturated carbocycles. The summed E-state index contributed by atoms with van der Waals surface area (Å²) >= 11 is 0. The molecule has 1 aromatic heterocycles. The summed E-state index contributed by atoms with van der Waals surface area (Å²) in [6.07, 6.45) is 0.179. The van der Waals surface area contributed by atoms with Crippen LogP contribution in [0.5, 0.6) is 11.5 Å². The van der Waals surface area contributed by atoms with Crippen molar-refractivity contribution in [3.63, 3.8) is 0 Å². The van der Waals surface area contributed by atoms with Crippen LogP contribution in [-0.4, -0.2) is 53.6 Å². The maximum Gasteiger partial charge on any atom is 0.573 e. The molecule has 9 nitrogen and oxygen atoms in total. The van der Waals surface area contributed by atoms with Gasteiger partial charge in [-0.2, -0.15) is 5.01 Å². The van der Waals surface area contributed by atoms with Crippen LogP contribution in [0.3, 0.4) is 0 Å². The first-order chi connectivity index (χ1) is 17.7. The number of halogens is 3. The smallest absolute Gasteiger partial charge is 0.491 e. The number of benzene rings is 1. The number of hydroxylamine groups is 1. The van der Waals surface area contributed by atoms with Crippen molar-refractivity contribution in [2.24, 2.45) is 0 Å². The maximum absolute atomic E-state index is 14.0. The summed E-state index contributed by atoms with van der Waals surface area (Å²) in [4.78, 5) is 34.8. The molecule has 1 amide bonds. The molecule has 0 bridgehead atoms. The summed E-state index contributed by atoms with van der Waals surface area (Å²) in [5, 5.41) is 6.08. The molecule has 2 aliphatic heterocycles. The minimum absolute atomic E-state index is 0.245. The number of allylic oxidation sites excluding steroid dienone is 1. The van der Waals surface area contributed by atoms with Crippen LogP contribution in [-0.2, 0) is 20.0 Å². The fraction of sp³-hybridized carbons (Fsp3) is 0.400. The molecule has 0 saturated heterocycles. The lowest BCUT2D eigenvalue weighted by Gasteiger charge is -2.40. The van der Waals surface area contributed by atoms with Crippen LogP contribution in [0.2, 0.25) is 0 Å². The van der Waals surface area contributed by atoms with E-state index in [1.54, 1.807) is 30.4 Å². The number of pyridine rings is 1. The number of alkyl halides is 3. The Hall–Kier alpha value is -3.80. The van der Waals surface area contributed by atoms with Gasteiger partial charge in [0.05, 0.1) is 12.3 Å². The van der Waals surface area contributed by atoms with E-state index in [0.29, 0.717) is 42.7 Å². The summed E-state index contributed by atoms with van der Waals surface area (Å²) in [7, 11) is 1.66. The first kappa shape index (κ1) is 24.9. The molecule has 3 aliphatic rings. The fourth-order valence-corrected chi connectivity index (χ4v) is 5.41. The molecule has 0 radical (unpaired) electrons. The van der Waals surface area contributed by atoms with Gasteiger partial charge < -0.3 is 19.6 Å². The molecule has 0 spiro atoms. The van der Waals surface area contributed by atoms with E-state index >= 15 is 0 Å². The predicted octanol–water partition coefficient (Wildman–Crippen LogP) is 3.57. The minimum atomic E-state index is -4.83. The van der Waals surface area contributed by atoms with Crippen LogP contribution in [0, 0.1) is 0 Å². The van der Waals surface area contributed by atoms with E-state index in [4.69, 9.17) is 9.57 Å². The molecule has 2 aromatic rings. The van der Waals surface area contributed by atoms with Crippen molar-refractivity contribution in [1.82, 2.24) is 20.5 Å². The molecule has 0 fully saturated rings. The summed E-state index contributed by atoms with van der Waals surface area (Å²) in [6.45, 7) is 0.565. The zero-order chi connectivity index (χ0) is 26.2. The lowest BCUT2D eigenvalue weighted by molar-refractivity contribution is -0.274. The minimum Gasteiger partial charge on any atom is -0.491 e. The number of rotatable bonds is 6. The summed E-state index contributed by atoms with van der Waals surface area (Å²) in [5.74, 6) is -0.267. The Morgan fingerprint density at radius 3 is 2.70 bits per heavy atom. The number of fused-ring (bicyclic) bond motifs is 1. The van der Waals surface area contributed by atoms with Gasteiger partial charge in [-0.25, -0.2) is 0 Å². The quantitative estimate of drug-likeness (QED) is 0.581. The molecular weight excluding hydrogens is 493 g/mol. The topological polar surface area (TPSA) is 93.2 Å². The van der Waals surface area contributed by atoms with Crippen molar-refractivity contribution >= 4 is 12.4 Å². The first-order valence-corrected chi connectivity index (χ1v) is 11.9. The van der Waals surface area contributed by atoms with Gasteiger partial charge in [0, 0.05) is 19.7 Å². The third kappa shape index (κ3) is 4.57. The molecule has 37 heavy (non-hydrogen) atoms. The van der Waals surface area contributed by atoms with Gasteiger partial charge in [0.2, 0.25) is 5.91 Å². The number of hydrazine groups is 1. The van der Waals surface area contributed by atoms with Crippen molar-refractivity contribution < 1.29 is 37.1 Å². The van der Waals surface area contributed by atoms with E-state index in [9.17, 15) is 22.8 Å². The van der Waals surface area contributed by atoms with E-state index in [0.717, 1.165) is 24.1 Å². The Labute approximate surface area is 210 Å². The zero-order valence-electron chi connectivity index (χ0n) is 20.0. The van der Waals surface area contributed by atoms with Crippen LogP contribution < -0.4 is 14.8 Å². The second-order valence-corrected chi connectivity index (χ2v) is 9.05. The number of nitrogens with zero attached hydrogens (tertiary/aromatic N) is 3. The molecule has 12 heteroatoms. The van der Waals surface area contributed by atoms with Gasteiger partial charge in [-0.05, 0) is 61.1 Å². The van der Waals surface area contributed by atoms with Crippen LogP contribution in [0.15, 0.2) is 53.9 Å². The van der Waals surface area contributed by atoms with Gasteiger partial charge in [0.15, 0.2) is 0 Å². The van der Waals surface area contributed by atoms with E-state index in [1.165, 1.54) is 29.4 Å². The van der Waals surface area contributed by atoms with Gasteiger partial charge >= 0.3 is 12.8 Å². The fourth-order valence-electron chi connectivity index (χ4n) is 5.41. The molecule has 5 rings (SSSR count). The Kier molecular flexibility index (Phi) is 6.44. The molecule has 2 unspecified atom stereocenters. The molecule has 196 valence electrons. The normalized spacial score (nSPS) is 23.6. The standard InChI is InChI=1S/C25H25F3N4O5/c1-31-21(18-5-2-3-6-19(18)32(31)36-15-33)23(34)30-24(12-14-35-20-7-4-13-29-22(20)24)16-8-10-17(11-9-16)37-25(26,27)28/h4,7-11,13,15,21H,2-3,5-6,12,14H2,1H3,(H,30,34). The van der Waals surface area contributed by atoms with Crippen molar-refractivity contribution in [2.75, 3.05) is 13.7 Å². The highest BCUT2D eigenvalue weighted by atomic mass is 19.4. The number of likely N-dealkylation sites (N-methyl/N-ethyl adjacent to an activating group) is 1. The highest BCUT2D eigenvalue weighted by Gasteiger charge is 2.48. The van der Waals surface area contributed by atoms with Gasteiger partial charge in [0.25, 0.3) is 0 Å². The van der Waals surface area contributed by atoms with Gasteiger partial charge in [-0.1, -0.05) is 12.1 Å². The number of nitrogens with one attached hydrogen (secondary N) is 1. The second-order valence-electron chi connectivity index (χ2n) is 9.05. The third-order valence-corrected chi connectivity index (χ3v) is 6.92. The Balaban J connectivity index is 1.54. The van der Waals surface area contributed by atoms with Crippen LogP contribution in [0.25, 0.3) is 0 Å². The number of ether oxygens (including phenoxy) is 2. The number of amides is 1. The van der Waals surface area contributed by atoms with Gasteiger partial charge in [-0.3, -0.25) is 14.6 Å². The van der Waals surface area contributed by atoms with Crippen molar-refractivity contribution in [3.05, 3.63) is 65.1 Å². The average molecular weight is 518 g/mol. The number of aromatic nitrogens is 1. The summed E-state index contributed by atoms with van der Waals surface area (Å²) in [5.41, 5.74) is 1.44. The molecule has 1 aromatic carbocycles. The van der Waals surface area contributed by atoms with Crippen LogP contribution in [0.1, 0.15) is 43.4 Å². The highest BCUT2D eigenvalue weighted by Crippen LogP contribution is 2.43. The van der Waals surface area contributed by atoms with Crippen molar-refractivity contribution in [2.45, 2.75) is 50.0 Å². The Morgan fingerprint density at radius 1 is 1.22 bits per heavy atom. The van der Waals surface area contributed by atoms with Crippen LogP contribution >= 0.6 is 0 Å². The van der Waals surface area contributed by atoms with Gasteiger partial charge in [-0.15, -0.1) is 18.3 Å². The van der Waals surface area contributed by atoms with Crippen molar-refractivity contribution in [3.8, 4) is 11.5 Å². The van der Waals surface area contributed by atoms with Crippen molar-refractivity contribution in [1.29, 1.82) is 0 Å². The monoisotopic (exact) mass is 518 g/mol. The van der Waals surface area contributed by atoms with Crippen LogP contribution in [0.4, 0.5) is 13.2 Å². The largest absolute Gasteiger partial charge is 0.573 e. The Morgan fingerprint density at radius 2 is 1.97 bits per heavy atom. The second kappa shape index (κ2) is 9.58. The lowest BCUT2D eigenvalue weighted by atomic mass is 9.80. The van der Waals surface area contributed by atoms with Gasteiger partial charge in [0.1, 0.15) is 28.8 Å². The maximum atomic E-state index is 14.0. The van der Waals surface area contributed by atoms with E-state index in [1.807, 2.05) is 0 Å².